The first kappa shape index (κ1) is 23.0. The average Bonchev–Trinajstić information content (AvgIpc) is 3.39. The predicted octanol–water partition coefficient (Wildman–Crippen LogP) is 4.22. The Kier molecular flexibility index (Phi) is 6.40. The molecule has 5 rings (SSSR count). The third-order valence-electron chi connectivity index (χ3n) is 6.95. The summed E-state index contributed by atoms with van der Waals surface area (Å²) in [5, 5.41) is 4.50. The number of alkyl halides is 1. The van der Waals surface area contributed by atoms with Gasteiger partial charge in [0.1, 0.15) is 18.5 Å². The number of hydrogen-bond donors (Lipinski definition) is 1. The number of aromatic nitrogens is 1. The van der Waals surface area contributed by atoms with Crippen LogP contribution in [0.3, 0.4) is 0 Å². The summed E-state index contributed by atoms with van der Waals surface area (Å²) in [7, 11) is 0. The lowest BCUT2D eigenvalue weighted by Gasteiger charge is -2.25. The lowest BCUT2D eigenvalue weighted by Crippen LogP contribution is -2.42. The number of Topliss-reactive ketones (excluding diaryl/α,β-unsaturated/α-hetero) is 1. The van der Waals surface area contributed by atoms with E-state index in [2.05, 4.69) is 11.4 Å². The van der Waals surface area contributed by atoms with Gasteiger partial charge in [0, 0.05) is 36.0 Å². The van der Waals surface area contributed by atoms with Gasteiger partial charge < -0.3 is 14.8 Å². The number of ketones is 1. The van der Waals surface area contributed by atoms with Crippen LogP contribution in [-0.4, -0.2) is 46.5 Å². The fraction of sp³-hybridized carbons (Fsp3) is 0.385. The van der Waals surface area contributed by atoms with Crippen molar-refractivity contribution in [2.45, 2.75) is 51.0 Å². The van der Waals surface area contributed by atoms with E-state index in [9.17, 15) is 18.4 Å². The monoisotopic (exact) mass is 485 g/mol. The van der Waals surface area contributed by atoms with Gasteiger partial charge in [-0.15, -0.1) is 0 Å². The number of nitrogens with one attached hydrogen (secondary N) is 1. The molecular weight excluding hydrogens is 460 g/mol. The minimum atomic E-state index is -1.25. The smallest absolute Gasteiger partial charge is 0.243 e. The Balaban J connectivity index is 1.34. The van der Waals surface area contributed by atoms with Crippen LogP contribution in [-0.2, 0) is 35.5 Å². The summed E-state index contributed by atoms with van der Waals surface area (Å²) in [6.07, 6.45) is -0.215. The molecule has 1 saturated heterocycles. The minimum absolute atomic E-state index is 0.00297. The van der Waals surface area contributed by atoms with Crippen molar-refractivity contribution in [3.63, 3.8) is 0 Å². The first-order chi connectivity index (χ1) is 16.4. The van der Waals surface area contributed by atoms with Crippen molar-refractivity contribution in [1.29, 1.82) is 0 Å². The summed E-state index contributed by atoms with van der Waals surface area (Å²) >= 11 is 5.83. The Bertz CT molecular complexity index is 1260. The van der Waals surface area contributed by atoms with Gasteiger partial charge >= 0.3 is 0 Å². The molecule has 0 aliphatic carbocycles. The number of benzene rings is 2. The number of nitrogens with zero attached hydrogens (tertiary/aromatic N) is 2. The van der Waals surface area contributed by atoms with Gasteiger partial charge in [-0.2, -0.15) is 0 Å². The van der Waals surface area contributed by atoms with Crippen LogP contribution < -0.4 is 5.32 Å². The second-order valence-corrected chi connectivity index (χ2v) is 9.44. The molecule has 2 aliphatic heterocycles. The highest BCUT2D eigenvalue weighted by Crippen LogP contribution is 2.30. The second-order valence-electron chi connectivity index (χ2n) is 9.03. The molecule has 3 aromatic rings. The summed E-state index contributed by atoms with van der Waals surface area (Å²) < 4.78 is 30.6. The Morgan fingerprint density at radius 1 is 1.15 bits per heavy atom. The van der Waals surface area contributed by atoms with Gasteiger partial charge in [-0.25, -0.2) is 8.78 Å². The van der Waals surface area contributed by atoms with E-state index < -0.39 is 18.0 Å². The van der Waals surface area contributed by atoms with Crippen molar-refractivity contribution in [3.05, 3.63) is 70.1 Å². The zero-order chi connectivity index (χ0) is 23.8. The molecule has 2 aliphatic rings. The molecule has 0 spiro atoms. The van der Waals surface area contributed by atoms with Gasteiger partial charge in [-0.1, -0.05) is 41.9 Å². The number of hydrogen-bond acceptors (Lipinski definition) is 3. The van der Waals surface area contributed by atoms with E-state index in [1.165, 1.54) is 16.5 Å². The summed E-state index contributed by atoms with van der Waals surface area (Å²) in [6.45, 7) is 1.50. The van der Waals surface area contributed by atoms with E-state index in [4.69, 9.17) is 11.6 Å². The predicted molar refractivity (Wildman–Crippen MR) is 127 cm³/mol. The van der Waals surface area contributed by atoms with E-state index in [1.807, 2.05) is 22.8 Å². The maximum absolute atomic E-state index is 14.4. The summed E-state index contributed by atoms with van der Waals surface area (Å²) in [6, 6.07) is 11.8. The van der Waals surface area contributed by atoms with E-state index in [1.54, 1.807) is 12.1 Å². The summed E-state index contributed by atoms with van der Waals surface area (Å²) in [4.78, 5) is 27.7. The third-order valence-corrected chi connectivity index (χ3v) is 7.24. The van der Waals surface area contributed by atoms with Crippen molar-refractivity contribution in [2.24, 2.45) is 0 Å². The molecule has 0 saturated carbocycles. The minimum Gasteiger partial charge on any atom is -0.334 e. The summed E-state index contributed by atoms with van der Waals surface area (Å²) in [5.74, 6) is -1.08. The van der Waals surface area contributed by atoms with Gasteiger partial charge in [-0.3, -0.25) is 9.59 Å². The molecular formula is C26H26ClF2N3O2. The van der Waals surface area contributed by atoms with Crippen molar-refractivity contribution >= 4 is 34.2 Å². The maximum atomic E-state index is 14.4. The summed E-state index contributed by atoms with van der Waals surface area (Å²) in [5.41, 5.74) is 3.62. The molecule has 2 aromatic carbocycles. The van der Waals surface area contributed by atoms with Crippen LogP contribution in [0, 0.1) is 5.82 Å². The molecule has 2 atom stereocenters. The van der Waals surface area contributed by atoms with Crippen LogP contribution in [0.15, 0.2) is 42.5 Å². The number of rotatable bonds is 6. The van der Waals surface area contributed by atoms with E-state index >= 15 is 0 Å². The number of likely N-dealkylation sites (tertiary alicyclic amines) is 1. The quantitative estimate of drug-likeness (QED) is 0.569. The zero-order valence-corrected chi connectivity index (χ0v) is 19.5. The Morgan fingerprint density at radius 2 is 1.97 bits per heavy atom. The Hall–Kier alpha value is -2.77. The first-order valence-electron chi connectivity index (χ1n) is 11.6. The molecule has 1 aromatic heterocycles. The molecule has 1 amide bonds. The lowest BCUT2D eigenvalue weighted by molar-refractivity contribution is -0.138. The highest BCUT2D eigenvalue weighted by atomic mass is 35.5. The van der Waals surface area contributed by atoms with Crippen LogP contribution in [0.4, 0.5) is 8.78 Å². The van der Waals surface area contributed by atoms with Gasteiger partial charge in [0.05, 0.1) is 17.6 Å². The molecule has 8 heteroatoms. The van der Waals surface area contributed by atoms with Gasteiger partial charge in [0.2, 0.25) is 5.91 Å². The molecule has 0 bridgehead atoms. The molecule has 0 unspecified atom stereocenters. The molecule has 178 valence electrons. The second kappa shape index (κ2) is 9.47. The van der Waals surface area contributed by atoms with Crippen molar-refractivity contribution in [3.8, 4) is 0 Å². The van der Waals surface area contributed by atoms with Crippen molar-refractivity contribution in [2.75, 3.05) is 13.1 Å². The molecule has 1 fully saturated rings. The first-order valence-corrected chi connectivity index (χ1v) is 12.0. The lowest BCUT2D eigenvalue weighted by atomic mass is 10.0. The van der Waals surface area contributed by atoms with Gasteiger partial charge in [-0.05, 0) is 42.6 Å². The molecule has 3 heterocycles. The SMILES string of the molecule is O=C(CCc1cccc(Cl)c1F)[C@@H]1C[C@@H](F)CN1C(=O)Cn1c2c(c3ccccc31)CCNC2. The normalized spacial score (nSPS) is 20.0. The zero-order valence-electron chi connectivity index (χ0n) is 18.7. The highest BCUT2D eigenvalue weighted by molar-refractivity contribution is 6.30. The number of aryl methyl sites for hydroxylation is 1. The van der Waals surface area contributed by atoms with E-state index in [0.29, 0.717) is 12.1 Å². The fourth-order valence-corrected chi connectivity index (χ4v) is 5.46. The number of amides is 1. The van der Waals surface area contributed by atoms with Crippen LogP contribution in [0.1, 0.15) is 29.7 Å². The van der Waals surface area contributed by atoms with Crippen molar-refractivity contribution in [1.82, 2.24) is 14.8 Å². The molecule has 5 nitrogen and oxygen atoms in total. The van der Waals surface area contributed by atoms with Crippen LogP contribution in [0.5, 0.6) is 0 Å². The maximum Gasteiger partial charge on any atom is 0.243 e. The van der Waals surface area contributed by atoms with Gasteiger partial charge in [0.15, 0.2) is 5.78 Å². The highest BCUT2D eigenvalue weighted by Gasteiger charge is 2.39. The third kappa shape index (κ3) is 4.23. The standard InChI is InChI=1S/C26H26ClF2N3O2/c27-20-6-3-4-16(26(20)29)8-9-24(33)22-12-17(28)14-32(22)25(34)15-31-21-7-2-1-5-18(21)19-10-11-30-13-23(19)31/h1-7,17,22,30H,8-15H2/t17-,22+/m1/s1. The fourth-order valence-electron chi connectivity index (χ4n) is 5.27. The van der Waals surface area contributed by atoms with Crippen LogP contribution >= 0.6 is 11.6 Å². The van der Waals surface area contributed by atoms with E-state index in [-0.39, 0.29) is 49.1 Å². The number of fused-ring (bicyclic) bond motifs is 3. The van der Waals surface area contributed by atoms with E-state index in [0.717, 1.165) is 29.6 Å². The number of carbonyl (C=O) groups excluding carboxylic acids is 2. The average molecular weight is 486 g/mol. The topological polar surface area (TPSA) is 54.3 Å². The van der Waals surface area contributed by atoms with Gasteiger partial charge in [0.25, 0.3) is 0 Å². The molecule has 34 heavy (non-hydrogen) atoms. The van der Waals surface area contributed by atoms with Crippen LogP contribution in [0.25, 0.3) is 10.9 Å². The number of halogens is 3. The number of para-hydroxylation sites is 1. The molecule has 0 radical (unpaired) electrons. The van der Waals surface area contributed by atoms with Crippen molar-refractivity contribution < 1.29 is 18.4 Å². The van der Waals surface area contributed by atoms with Crippen LogP contribution in [0.2, 0.25) is 5.02 Å². The molecule has 1 N–H and O–H groups in total. The Morgan fingerprint density at radius 3 is 2.82 bits per heavy atom. The Labute approximate surface area is 201 Å². The number of carbonyl (C=O) groups is 2. The largest absolute Gasteiger partial charge is 0.334 e.